The van der Waals surface area contributed by atoms with Crippen LogP contribution < -0.4 is 0 Å². The molecule has 238 valence electrons. The van der Waals surface area contributed by atoms with Gasteiger partial charge in [0.15, 0.2) is 12.2 Å². The predicted octanol–water partition coefficient (Wildman–Crippen LogP) is 4.79. The molecule has 0 radical (unpaired) electrons. The maximum absolute atomic E-state index is 11.8. The molecule has 0 aromatic heterocycles. The van der Waals surface area contributed by atoms with Gasteiger partial charge in [-0.15, -0.1) is 0 Å². The second kappa shape index (κ2) is 13.6. The summed E-state index contributed by atoms with van der Waals surface area (Å²) in [5.74, 6) is -1.41. The Kier molecular flexibility index (Phi) is 10.8. The molecule has 0 aromatic rings. The minimum atomic E-state index is -2.79. The third kappa shape index (κ3) is 6.88. The smallest absolute Gasteiger partial charge is 0.373 e. The summed E-state index contributed by atoms with van der Waals surface area (Å²) in [7, 11) is 0. The molecule has 0 bridgehead atoms. The zero-order chi connectivity index (χ0) is 30.8. The van der Waals surface area contributed by atoms with E-state index in [1.807, 2.05) is 0 Å². The Balaban J connectivity index is 1.45. The maximum Gasteiger partial charge on any atom is 0.373 e. The number of allylic oxidation sites excluding steroid dienone is 4. The van der Waals surface area contributed by atoms with E-state index in [4.69, 9.17) is 14.7 Å². The highest BCUT2D eigenvalue weighted by Crippen LogP contribution is 2.60. The number of aliphatic hydroxyl groups excluding tert-OH is 3. The Hall–Kier alpha value is -1.59. The Morgan fingerprint density at radius 3 is 2.52 bits per heavy atom. The van der Waals surface area contributed by atoms with Crippen LogP contribution in [-0.4, -0.2) is 68.1 Å². The maximum atomic E-state index is 11.8. The number of fused-ring (bicyclic) bond motifs is 1. The molecular weight excluding hydrogens is 540 g/mol. The summed E-state index contributed by atoms with van der Waals surface area (Å²) in [5, 5.41) is 50.4. The molecule has 4 fully saturated rings. The van der Waals surface area contributed by atoms with E-state index in [9.17, 15) is 25.2 Å². The Morgan fingerprint density at radius 2 is 1.83 bits per heavy atom. The topological polar surface area (TPSA) is 146 Å². The summed E-state index contributed by atoms with van der Waals surface area (Å²) in [6, 6.07) is 0. The van der Waals surface area contributed by atoms with Crippen molar-refractivity contribution in [3.63, 3.8) is 0 Å². The molecule has 3 unspecified atom stereocenters. The summed E-state index contributed by atoms with van der Waals surface area (Å²) in [6.45, 7) is 13.8. The van der Waals surface area contributed by atoms with Gasteiger partial charge in [0.1, 0.15) is 12.2 Å². The van der Waals surface area contributed by atoms with E-state index in [0.717, 1.165) is 35.3 Å². The van der Waals surface area contributed by atoms with Crippen LogP contribution in [0.1, 0.15) is 98.3 Å². The van der Waals surface area contributed by atoms with Gasteiger partial charge in [-0.05, 0) is 86.0 Å². The average molecular weight is 593 g/mol. The zero-order valence-corrected chi connectivity index (χ0v) is 25.7. The van der Waals surface area contributed by atoms with Gasteiger partial charge in [0.25, 0.3) is 0 Å². The van der Waals surface area contributed by atoms with Crippen molar-refractivity contribution in [3.8, 4) is 0 Å². The number of hydrogen-bond donors (Lipinski definition) is 5. The van der Waals surface area contributed by atoms with Crippen LogP contribution >= 0.6 is 0 Å². The molecule has 0 amide bonds. The largest absolute Gasteiger partial charge is 0.387 e. The van der Waals surface area contributed by atoms with Crippen molar-refractivity contribution in [2.45, 2.75) is 135 Å². The second-order valence-corrected chi connectivity index (χ2v) is 13.9. The number of hydrogen-bond acceptors (Lipinski definition) is 9. The number of ether oxygens (including phenoxy) is 2. The standard InChI is InChI=1S/C33H52O9/c1-19(2)8-6-9-21(4)25-15-16-26-22(10-7-17-32(25,26)5)12-13-23-18-24(14-11-20(23)3)40-33(38)30(36)28(35)27(34)29(41-33)31(37)42-39/h12-13,19,21,24-30,34-36,38-39H,3,6-11,14-18H2,1-2,4-5H3/b22-12+,23-13+/t21-,24?,25?,26?,27+,28+,29+,30-,32-,33-/m1/s1. The van der Waals surface area contributed by atoms with E-state index in [1.54, 1.807) is 0 Å². The third-order valence-corrected chi connectivity index (χ3v) is 10.6. The van der Waals surface area contributed by atoms with Crippen LogP contribution in [0.3, 0.4) is 0 Å². The summed E-state index contributed by atoms with van der Waals surface area (Å²) < 4.78 is 10.9. The highest BCUT2D eigenvalue weighted by Gasteiger charge is 2.58. The van der Waals surface area contributed by atoms with Crippen molar-refractivity contribution >= 4 is 5.97 Å². The average Bonchev–Trinajstić information content (AvgIpc) is 3.31. The fourth-order valence-corrected chi connectivity index (χ4v) is 8.22. The van der Waals surface area contributed by atoms with Gasteiger partial charge in [-0.3, -0.25) is 4.89 Å². The molecule has 10 atom stereocenters. The first-order valence-electron chi connectivity index (χ1n) is 15.9. The molecule has 42 heavy (non-hydrogen) atoms. The normalized spacial score (nSPS) is 41.8. The molecule has 3 aliphatic carbocycles. The minimum Gasteiger partial charge on any atom is -0.387 e. The van der Waals surface area contributed by atoms with Crippen LogP contribution in [0.2, 0.25) is 0 Å². The van der Waals surface area contributed by atoms with Crippen LogP contribution in [-0.2, 0) is 19.2 Å². The van der Waals surface area contributed by atoms with Crippen molar-refractivity contribution in [1.82, 2.24) is 0 Å². The minimum absolute atomic E-state index is 0.324. The SMILES string of the molecule is C=C1CCC(O[C@@]2(O)O[C@H](C(=O)OO)[C@@H](O)[C@H](O)[C@H]2O)C/C1=C\C=C1/CCC[C@@]2(C)C1CCC2[C@H](C)CCCC(C)C. The van der Waals surface area contributed by atoms with Crippen LogP contribution in [0.25, 0.3) is 0 Å². The molecule has 4 rings (SSSR count). The van der Waals surface area contributed by atoms with Crippen molar-refractivity contribution < 1.29 is 44.8 Å². The molecule has 1 aliphatic heterocycles. The van der Waals surface area contributed by atoms with E-state index in [1.165, 1.54) is 50.5 Å². The molecule has 3 saturated carbocycles. The number of carbonyl (C=O) groups excluding carboxylic acids is 1. The van der Waals surface area contributed by atoms with E-state index >= 15 is 0 Å². The molecular formula is C33H52O9. The van der Waals surface area contributed by atoms with Gasteiger partial charge in [-0.1, -0.05) is 76.8 Å². The van der Waals surface area contributed by atoms with Gasteiger partial charge >= 0.3 is 11.9 Å². The molecule has 9 heteroatoms. The van der Waals surface area contributed by atoms with Crippen LogP contribution in [0.5, 0.6) is 0 Å². The van der Waals surface area contributed by atoms with E-state index in [-0.39, 0.29) is 0 Å². The lowest BCUT2D eigenvalue weighted by Crippen LogP contribution is -2.67. The quantitative estimate of drug-likeness (QED) is 0.145. The van der Waals surface area contributed by atoms with Crippen LogP contribution in [0, 0.1) is 29.1 Å². The Bertz CT molecular complexity index is 1040. The van der Waals surface area contributed by atoms with Gasteiger partial charge in [0.2, 0.25) is 0 Å². The lowest BCUT2D eigenvalue weighted by Gasteiger charge is -2.45. The van der Waals surface area contributed by atoms with E-state index in [2.05, 4.69) is 51.3 Å². The first kappa shape index (κ1) is 33.3. The number of aliphatic hydroxyl groups is 4. The van der Waals surface area contributed by atoms with Gasteiger partial charge < -0.3 is 29.9 Å². The highest BCUT2D eigenvalue weighted by molar-refractivity contribution is 5.75. The summed E-state index contributed by atoms with van der Waals surface area (Å²) in [5.41, 5.74) is 3.77. The molecule has 0 spiro atoms. The van der Waals surface area contributed by atoms with Crippen molar-refractivity contribution in [2.75, 3.05) is 0 Å². The van der Waals surface area contributed by atoms with Crippen molar-refractivity contribution in [2.24, 2.45) is 29.1 Å². The first-order chi connectivity index (χ1) is 19.8. The monoisotopic (exact) mass is 592 g/mol. The van der Waals surface area contributed by atoms with E-state index < -0.39 is 42.5 Å². The van der Waals surface area contributed by atoms with E-state index in [0.29, 0.717) is 30.6 Å². The third-order valence-electron chi connectivity index (χ3n) is 10.6. The predicted molar refractivity (Wildman–Crippen MR) is 157 cm³/mol. The molecule has 9 nitrogen and oxygen atoms in total. The summed E-state index contributed by atoms with van der Waals surface area (Å²) in [4.78, 5) is 15.4. The molecule has 4 aliphatic rings. The molecule has 1 saturated heterocycles. The molecule has 5 N–H and O–H groups in total. The number of rotatable bonds is 9. The zero-order valence-electron chi connectivity index (χ0n) is 25.7. The van der Waals surface area contributed by atoms with Crippen LogP contribution in [0.4, 0.5) is 0 Å². The van der Waals surface area contributed by atoms with Gasteiger partial charge in [-0.2, -0.15) is 5.26 Å². The Morgan fingerprint density at radius 1 is 1.10 bits per heavy atom. The van der Waals surface area contributed by atoms with Gasteiger partial charge in [0.05, 0.1) is 6.10 Å². The lowest BCUT2D eigenvalue weighted by atomic mass is 9.60. The molecule has 0 aromatic carbocycles. The van der Waals surface area contributed by atoms with Crippen molar-refractivity contribution in [1.29, 1.82) is 0 Å². The van der Waals surface area contributed by atoms with Crippen LogP contribution in [0.15, 0.2) is 35.5 Å². The molecule has 1 heterocycles. The first-order valence-corrected chi connectivity index (χ1v) is 15.9. The van der Waals surface area contributed by atoms with Gasteiger partial charge in [0, 0.05) is 0 Å². The Labute approximate surface area is 250 Å². The summed E-state index contributed by atoms with van der Waals surface area (Å²) in [6.07, 6.45) is 7.27. The number of carbonyl (C=O) groups is 1. The second-order valence-electron chi connectivity index (χ2n) is 13.9. The van der Waals surface area contributed by atoms with Gasteiger partial charge in [-0.25, -0.2) is 4.79 Å². The fourth-order valence-electron chi connectivity index (χ4n) is 8.22. The lowest BCUT2D eigenvalue weighted by molar-refractivity contribution is -0.454. The van der Waals surface area contributed by atoms with Crippen molar-refractivity contribution in [3.05, 3.63) is 35.5 Å². The fraction of sp³-hybridized carbons (Fsp3) is 0.788. The highest BCUT2D eigenvalue weighted by atomic mass is 17.1. The summed E-state index contributed by atoms with van der Waals surface area (Å²) >= 11 is 0.